The summed E-state index contributed by atoms with van der Waals surface area (Å²) < 4.78 is 10.3. The highest BCUT2D eigenvalue weighted by Crippen LogP contribution is 2.20. The van der Waals surface area contributed by atoms with E-state index in [1.54, 1.807) is 30.3 Å². The molecule has 1 aromatic heterocycles. The highest BCUT2D eigenvalue weighted by Gasteiger charge is 2.09. The third-order valence-electron chi connectivity index (χ3n) is 2.76. The number of ether oxygens (including phenoxy) is 1. The normalized spacial score (nSPS) is 10.1. The predicted molar refractivity (Wildman–Crippen MR) is 80.8 cm³/mol. The predicted octanol–water partition coefficient (Wildman–Crippen LogP) is 2.65. The summed E-state index contributed by atoms with van der Waals surface area (Å²) in [5.41, 5.74) is 0.843. The zero-order chi connectivity index (χ0) is 15.9. The Kier molecular flexibility index (Phi) is 5.43. The average Bonchev–Trinajstić information content (AvgIpc) is 3.00. The third-order valence-corrected chi connectivity index (χ3v) is 3.18. The third kappa shape index (κ3) is 4.82. The number of hydrogen-bond donors (Lipinski definition) is 2. The van der Waals surface area contributed by atoms with Crippen molar-refractivity contribution >= 4 is 23.5 Å². The van der Waals surface area contributed by atoms with Gasteiger partial charge in [0.1, 0.15) is 11.5 Å². The van der Waals surface area contributed by atoms with Gasteiger partial charge in [0.05, 0.1) is 12.8 Å². The number of carbonyl (C=O) groups excluding carboxylic acids is 2. The van der Waals surface area contributed by atoms with Crippen LogP contribution in [0.2, 0.25) is 5.02 Å². The summed E-state index contributed by atoms with van der Waals surface area (Å²) in [7, 11) is 0. The molecule has 116 valence electrons. The Morgan fingerprint density at radius 1 is 1.32 bits per heavy atom. The molecular formula is C15H15ClN2O4. The second kappa shape index (κ2) is 7.51. The first-order valence-corrected chi connectivity index (χ1v) is 6.91. The van der Waals surface area contributed by atoms with E-state index >= 15 is 0 Å². The van der Waals surface area contributed by atoms with Gasteiger partial charge in [0.25, 0.3) is 5.91 Å². The van der Waals surface area contributed by atoms with Gasteiger partial charge in [0.15, 0.2) is 6.61 Å². The van der Waals surface area contributed by atoms with Crippen LogP contribution < -0.4 is 15.4 Å². The van der Waals surface area contributed by atoms with E-state index in [1.807, 2.05) is 6.92 Å². The van der Waals surface area contributed by atoms with E-state index in [4.69, 9.17) is 20.8 Å². The summed E-state index contributed by atoms with van der Waals surface area (Å²) >= 11 is 5.89. The SMILES string of the molecule is Cc1cc(OCC(=O)NC(=O)NCc2ccco2)ccc1Cl. The van der Waals surface area contributed by atoms with Crippen LogP contribution in [0.25, 0.3) is 0 Å². The lowest BCUT2D eigenvalue weighted by Gasteiger charge is -2.08. The van der Waals surface area contributed by atoms with Gasteiger partial charge in [-0.2, -0.15) is 0 Å². The van der Waals surface area contributed by atoms with Gasteiger partial charge < -0.3 is 14.5 Å². The van der Waals surface area contributed by atoms with Crippen molar-refractivity contribution < 1.29 is 18.7 Å². The summed E-state index contributed by atoms with van der Waals surface area (Å²) in [5.74, 6) is 0.549. The summed E-state index contributed by atoms with van der Waals surface area (Å²) in [6, 6.07) is 7.86. The summed E-state index contributed by atoms with van der Waals surface area (Å²) in [5, 5.41) is 5.27. The second-order valence-electron chi connectivity index (χ2n) is 4.51. The van der Waals surface area contributed by atoms with Crippen LogP contribution in [0.15, 0.2) is 41.0 Å². The Hall–Kier alpha value is -2.47. The lowest BCUT2D eigenvalue weighted by Crippen LogP contribution is -2.41. The van der Waals surface area contributed by atoms with E-state index in [-0.39, 0.29) is 13.2 Å². The molecule has 0 spiro atoms. The van der Waals surface area contributed by atoms with Gasteiger partial charge in [0.2, 0.25) is 0 Å². The van der Waals surface area contributed by atoms with Crippen molar-refractivity contribution in [3.63, 3.8) is 0 Å². The first-order chi connectivity index (χ1) is 10.5. The number of urea groups is 1. The maximum atomic E-state index is 11.6. The average molecular weight is 323 g/mol. The van der Waals surface area contributed by atoms with Crippen molar-refractivity contribution in [1.29, 1.82) is 0 Å². The van der Waals surface area contributed by atoms with E-state index in [0.717, 1.165) is 5.56 Å². The molecule has 22 heavy (non-hydrogen) atoms. The summed E-state index contributed by atoms with van der Waals surface area (Å²) in [6.07, 6.45) is 1.50. The van der Waals surface area contributed by atoms with E-state index in [2.05, 4.69) is 10.6 Å². The van der Waals surface area contributed by atoms with Crippen LogP contribution in [0.3, 0.4) is 0 Å². The molecule has 0 aliphatic carbocycles. The molecule has 2 aromatic rings. The van der Waals surface area contributed by atoms with E-state index in [9.17, 15) is 9.59 Å². The zero-order valence-electron chi connectivity index (χ0n) is 11.9. The number of nitrogens with one attached hydrogen (secondary N) is 2. The quantitative estimate of drug-likeness (QED) is 0.886. The van der Waals surface area contributed by atoms with Gasteiger partial charge >= 0.3 is 6.03 Å². The molecule has 3 amide bonds. The van der Waals surface area contributed by atoms with Crippen LogP contribution >= 0.6 is 11.6 Å². The van der Waals surface area contributed by atoms with Crippen molar-refractivity contribution in [2.24, 2.45) is 0 Å². The van der Waals surface area contributed by atoms with Gasteiger partial charge in [-0.15, -0.1) is 0 Å². The van der Waals surface area contributed by atoms with Crippen LogP contribution in [-0.4, -0.2) is 18.5 Å². The number of hydrogen-bond acceptors (Lipinski definition) is 4. The minimum absolute atomic E-state index is 0.198. The molecule has 0 radical (unpaired) electrons. The molecule has 0 unspecified atom stereocenters. The first-order valence-electron chi connectivity index (χ1n) is 6.53. The fourth-order valence-corrected chi connectivity index (χ4v) is 1.76. The highest BCUT2D eigenvalue weighted by atomic mass is 35.5. The molecule has 7 heteroatoms. The van der Waals surface area contributed by atoms with Crippen molar-refractivity contribution in [1.82, 2.24) is 10.6 Å². The van der Waals surface area contributed by atoms with Crippen molar-refractivity contribution in [2.75, 3.05) is 6.61 Å². The van der Waals surface area contributed by atoms with Crippen molar-refractivity contribution in [2.45, 2.75) is 13.5 Å². The maximum Gasteiger partial charge on any atom is 0.321 e. The Morgan fingerprint density at radius 2 is 2.14 bits per heavy atom. The number of halogens is 1. The molecule has 1 aromatic carbocycles. The number of amides is 3. The Balaban J connectivity index is 1.72. The maximum absolute atomic E-state index is 11.6. The molecule has 6 nitrogen and oxygen atoms in total. The van der Waals surface area contributed by atoms with Gasteiger partial charge in [-0.1, -0.05) is 11.6 Å². The Bertz CT molecular complexity index is 656. The van der Waals surface area contributed by atoms with Gasteiger partial charge in [-0.25, -0.2) is 4.79 Å². The van der Waals surface area contributed by atoms with Crippen molar-refractivity contribution in [3.05, 3.63) is 52.9 Å². The fraction of sp³-hybridized carbons (Fsp3) is 0.200. The zero-order valence-corrected chi connectivity index (χ0v) is 12.6. The van der Waals surface area contributed by atoms with E-state index in [1.165, 1.54) is 6.26 Å². The summed E-state index contributed by atoms with van der Waals surface area (Å²) in [6.45, 7) is 1.76. The van der Waals surface area contributed by atoms with Crippen LogP contribution in [0, 0.1) is 6.92 Å². The van der Waals surface area contributed by atoms with Gasteiger partial charge in [-0.3, -0.25) is 10.1 Å². The lowest BCUT2D eigenvalue weighted by atomic mass is 10.2. The number of carbonyl (C=O) groups is 2. The van der Waals surface area contributed by atoms with Crippen LogP contribution in [0.5, 0.6) is 5.75 Å². The monoisotopic (exact) mass is 322 g/mol. The Morgan fingerprint density at radius 3 is 2.82 bits per heavy atom. The molecule has 0 aliphatic heterocycles. The molecule has 0 saturated heterocycles. The Labute approximate surface area is 132 Å². The van der Waals surface area contributed by atoms with Crippen LogP contribution in [-0.2, 0) is 11.3 Å². The first kappa shape index (κ1) is 15.9. The number of aryl methyl sites for hydroxylation is 1. The van der Waals surface area contributed by atoms with E-state index < -0.39 is 11.9 Å². The standard InChI is InChI=1S/C15H15ClN2O4/c1-10-7-11(4-5-13(10)16)22-9-14(19)18-15(20)17-8-12-3-2-6-21-12/h2-7H,8-9H2,1H3,(H2,17,18,19,20). The molecule has 0 aliphatic rings. The number of benzene rings is 1. The highest BCUT2D eigenvalue weighted by molar-refractivity contribution is 6.31. The lowest BCUT2D eigenvalue weighted by molar-refractivity contribution is -0.122. The largest absolute Gasteiger partial charge is 0.484 e. The number of imide groups is 1. The number of rotatable bonds is 5. The van der Waals surface area contributed by atoms with Crippen molar-refractivity contribution in [3.8, 4) is 5.75 Å². The smallest absolute Gasteiger partial charge is 0.321 e. The fourth-order valence-electron chi connectivity index (χ4n) is 1.64. The van der Waals surface area contributed by atoms with Gasteiger partial charge in [-0.05, 0) is 42.8 Å². The molecule has 0 fully saturated rings. The van der Waals surface area contributed by atoms with Crippen LogP contribution in [0.1, 0.15) is 11.3 Å². The van der Waals surface area contributed by atoms with Crippen LogP contribution in [0.4, 0.5) is 4.79 Å². The minimum Gasteiger partial charge on any atom is -0.484 e. The van der Waals surface area contributed by atoms with Gasteiger partial charge in [0, 0.05) is 5.02 Å². The second-order valence-corrected chi connectivity index (χ2v) is 4.92. The minimum atomic E-state index is -0.614. The molecular weight excluding hydrogens is 308 g/mol. The summed E-state index contributed by atoms with van der Waals surface area (Å²) in [4.78, 5) is 23.1. The topological polar surface area (TPSA) is 80.6 Å². The molecule has 0 bridgehead atoms. The number of furan rings is 1. The molecule has 0 saturated carbocycles. The van der Waals surface area contributed by atoms with E-state index in [0.29, 0.717) is 16.5 Å². The molecule has 2 N–H and O–H groups in total. The molecule has 0 atom stereocenters. The molecule has 2 rings (SSSR count). The molecule has 1 heterocycles.